The van der Waals surface area contributed by atoms with Gasteiger partial charge in [-0.05, 0) is 52.9 Å². The Morgan fingerprint density at radius 1 is 0.935 bits per heavy atom. The molecule has 1 atom stereocenters. The van der Waals surface area contributed by atoms with Crippen molar-refractivity contribution < 1.29 is 28.6 Å². The van der Waals surface area contributed by atoms with Crippen LogP contribution in [0.1, 0.15) is 74.7 Å². The first kappa shape index (κ1) is 29.0. The molecule has 0 saturated carbocycles. The van der Waals surface area contributed by atoms with Gasteiger partial charge in [0.15, 0.2) is 0 Å². The monoisotopic (exact) mass is 445 g/mol. The van der Waals surface area contributed by atoms with Gasteiger partial charge in [0.25, 0.3) is 0 Å². The van der Waals surface area contributed by atoms with E-state index in [0.717, 1.165) is 6.42 Å². The van der Waals surface area contributed by atoms with E-state index in [-0.39, 0.29) is 42.7 Å². The third-order valence-corrected chi connectivity index (χ3v) is 3.88. The fourth-order valence-electron chi connectivity index (χ4n) is 3.25. The maximum absolute atomic E-state index is 12.3. The number of rotatable bonds is 13. The molecule has 0 rings (SSSR count). The number of hydrogen-bond acceptors (Lipinski definition) is 6. The summed E-state index contributed by atoms with van der Waals surface area (Å²) in [4.78, 5) is 35.5. The van der Waals surface area contributed by atoms with E-state index in [1.807, 2.05) is 27.7 Å². The minimum absolute atomic E-state index is 0.0412. The molecule has 3 N–H and O–H groups in total. The molecule has 0 aromatic rings. The largest absolute Gasteiger partial charge is 0.447 e. The summed E-state index contributed by atoms with van der Waals surface area (Å²) in [5.74, 6) is -0.0412. The van der Waals surface area contributed by atoms with E-state index in [9.17, 15) is 14.4 Å². The summed E-state index contributed by atoms with van der Waals surface area (Å²) < 4.78 is 15.9. The Bertz CT molecular complexity index is 558. The van der Waals surface area contributed by atoms with Crippen LogP contribution in [-0.4, -0.2) is 62.1 Å². The Balaban J connectivity index is 4.47. The number of hydrogen-bond donors (Lipinski definition) is 3. The molecule has 0 aliphatic carbocycles. The zero-order valence-electron chi connectivity index (χ0n) is 20.6. The van der Waals surface area contributed by atoms with Crippen molar-refractivity contribution in [2.75, 3.05) is 26.4 Å². The van der Waals surface area contributed by atoms with Crippen molar-refractivity contribution in [3.63, 3.8) is 0 Å². The van der Waals surface area contributed by atoms with Gasteiger partial charge in [0.2, 0.25) is 5.91 Å². The summed E-state index contributed by atoms with van der Waals surface area (Å²) in [5, 5.41) is 8.20. The summed E-state index contributed by atoms with van der Waals surface area (Å²) in [7, 11) is 0. The quantitative estimate of drug-likeness (QED) is 0.375. The van der Waals surface area contributed by atoms with E-state index in [1.54, 1.807) is 6.92 Å². The average molecular weight is 446 g/mol. The highest BCUT2D eigenvalue weighted by Gasteiger charge is 2.26. The summed E-state index contributed by atoms with van der Waals surface area (Å²) in [6.07, 6.45) is -0.0948. The van der Waals surface area contributed by atoms with Gasteiger partial charge in [-0.25, -0.2) is 9.59 Å². The van der Waals surface area contributed by atoms with Crippen molar-refractivity contribution in [3.05, 3.63) is 0 Å². The maximum Gasteiger partial charge on any atom is 0.407 e. The number of carbonyl (C=O) groups is 3. The predicted octanol–water partition coefficient (Wildman–Crippen LogP) is 3.36. The topological polar surface area (TPSA) is 115 Å². The molecule has 0 aromatic carbocycles. The lowest BCUT2D eigenvalue weighted by molar-refractivity contribution is -0.123. The maximum atomic E-state index is 12.3. The third-order valence-electron chi connectivity index (χ3n) is 3.88. The van der Waals surface area contributed by atoms with Crippen LogP contribution in [0.25, 0.3) is 0 Å². The molecule has 0 spiro atoms. The molecule has 0 bridgehead atoms. The molecule has 9 nitrogen and oxygen atoms in total. The average Bonchev–Trinajstić information content (AvgIpc) is 2.57. The van der Waals surface area contributed by atoms with Crippen molar-refractivity contribution in [2.45, 2.75) is 92.3 Å². The van der Waals surface area contributed by atoms with Gasteiger partial charge in [0, 0.05) is 31.2 Å². The van der Waals surface area contributed by atoms with Gasteiger partial charge in [0.1, 0.15) is 19.3 Å². The molecule has 182 valence electrons. The van der Waals surface area contributed by atoms with Gasteiger partial charge >= 0.3 is 12.2 Å². The van der Waals surface area contributed by atoms with Gasteiger partial charge in [-0.15, -0.1) is 0 Å². The van der Waals surface area contributed by atoms with Crippen LogP contribution in [0, 0.1) is 5.41 Å². The molecule has 0 heterocycles. The SMILES string of the molecule is CCNC(=O)OCC(COC(=O)NC(C)C)OCCCC(=O)NC(C)(C)CC(C)(C)C. The van der Waals surface area contributed by atoms with Crippen LogP contribution >= 0.6 is 0 Å². The molecule has 0 aliphatic rings. The van der Waals surface area contributed by atoms with Crippen molar-refractivity contribution in [2.24, 2.45) is 5.41 Å². The Morgan fingerprint density at radius 2 is 1.52 bits per heavy atom. The molecule has 1 unspecified atom stereocenters. The normalized spacial score (nSPS) is 12.8. The number of carbonyl (C=O) groups excluding carboxylic acids is 3. The Morgan fingerprint density at radius 3 is 2.03 bits per heavy atom. The first-order valence-electron chi connectivity index (χ1n) is 11.0. The molecule has 0 fully saturated rings. The second-order valence-corrected chi connectivity index (χ2v) is 9.79. The highest BCUT2D eigenvalue weighted by atomic mass is 16.6. The van der Waals surface area contributed by atoms with E-state index in [1.165, 1.54) is 0 Å². The highest BCUT2D eigenvalue weighted by Crippen LogP contribution is 2.26. The second-order valence-electron chi connectivity index (χ2n) is 9.79. The first-order valence-corrected chi connectivity index (χ1v) is 11.0. The van der Waals surface area contributed by atoms with Crippen molar-refractivity contribution >= 4 is 18.1 Å². The second kappa shape index (κ2) is 14.1. The smallest absolute Gasteiger partial charge is 0.407 e. The van der Waals surface area contributed by atoms with E-state index in [2.05, 4.69) is 36.7 Å². The molecule has 0 aliphatic heterocycles. The summed E-state index contributed by atoms with van der Waals surface area (Å²) in [6, 6.07) is -0.0560. The minimum atomic E-state index is -0.624. The van der Waals surface area contributed by atoms with E-state index < -0.39 is 18.3 Å². The standard InChI is InChI=1S/C22H43N3O6/c1-9-23-19(27)30-13-17(14-31-20(28)24-16(2)3)29-12-10-11-18(26)25-22(7,8)15-21(4,5)6/h16-17H,9-15H2,1-8H3,(H,23,27)(H,24,28)(H,25,26). The molecule has 0 saturated heterocycles. The number of alkyl carbamates (subject to hydrolysis) is 2. The lowest BCUT2D eigenvalue weighted by Gasteiger charge is -2.33. The van der Waals surface area contributed by atoms with E-state index >= 15 is 0 Å². The molecule has 0 radical (unpaired) electrons. The van der Waals surface area contributed by atoms with Crippen LogP contribution in [0.15, 0.2) is 0 Å². The van der Waals surface area contributed by atoms with Crippen molar-refractivity contribution in [1.29, 1.82) is 0 Å². The number of amides is 3. The lowest BCUT2D eigenvalue weighted by Crippen LogP contribution is -2.45. The van der Waals surface area contributed by atoms with Gasteiger partial charge < -0.3 is 30.2 Å². The van der Waals surface area contributed by atoms with Crippen molar-refractivity contribution in [3.8, 4) is 0 Å². The molecule has 31 heavy (non-hydrogen) atoms. The number of nitrogens with one attached hydrogen (secondary N) is 3. The van der Waals surface area contributed by atoms with Crippen LogP contribution in [0.2, 0.25) is 0 Å². The first-order chi connectivity index (χ1) is 14.2. The van der Waals surface area contributed by atoms with Crippen LogP contribution in [0.5, 0.6) is 0 Å². The zero-order valence-corrected chi connectivity index (χ0v) is 20.6. The van der Waals surface area contributed by atoms with Gasteiger partial charge in [0.05, 0.1) is 0 Å². The zero-order chi connectivity index (χ0) is 24.1. The Hall–Kier alpha value is -2.03. The van der Waals surface area contributed by atoms with E-state index in [4.69, 9.17) is 14.2 Å². The summed E-state index contributed by atoms with van der Waals surface area (Å²) >= 11 is 0. The summed E-state index contributed by atoms with van der Waals surface area (Å²) in [6.45, 7) is 16.5. The molecular weight excluding hydrogens is 402 g/mol. The summed E-state index contributed by atoms with van der Waals surface area (Å²) in [5.41, 5.74) is -0.185. The van der Waals surface area contributed by atoms with Crippen LogP contribution in [0.4, 0.5) is 9.59 Å². The molecular formula is C22H43N3O6. The minimum Gasteiger partial charge on any atom is -0.447 e. The fraction of sp³-hybridized carbons (Fsp3) is 0.864. The molecule has 0 aromatic heterocycles. The van der Waals surface area contributed by atoms with Crippen molar-refractivity contribution in [1.82, 2.24) is 16.0 Å². The van der Waals surface area contributed by atoms with Crippen LogP contribution < -0.4 is 16.0 Å². The van der Waals surface area contributed by atoms with Gasteiger partial charge in [-0.2, -0.15) is 0 Å². The van der Waals surface area contributed by atoms with Crippen LogP contribution in [-0.2, 0) is 19.0 Å². The molecule has 3 amide bonds. The Kier molecular flexibility index (Phi) is 13.2. The van der Waals surface area contributed by atoms with Gasteiger partial charge in [-0.1, -0.05) is 20.8 Å². The molecule has 9 heteroatoms. The van der Waals surface area contributed by atoms with E-state index in [0.29, 0.717) is 19.4 Å². The highest BCUT2D eigenvalue weighted by molar-refractivity contribution is 5.76. The Labute approximate surface area is 187 Å². The fourth-order valence-corrected chi connectivity index (χ4v) is 3.25. The van der Waals surface area contributed by atoms with Crippen LogP contribution in [0.3, 0.4) is 0 Å². The predicted molar refractivity (Wildman–Crippen MR) is 120 cm³/mol. The van der Waals surface area contributed by atoms with Gasteiger partial charge in [-0.3, -0.25) is 4.79 Å². The third kappa shape index (κ3) is 17.4. The lowest BCUT2D eigenvalue weighted by atomic mass is 9.82. The number of ether oxygens (including phenoxy) is 3.